The monoisotopic (exact) mass is 204 g/mol. The van der Waals surface area contributed by atoms with Crippen molar-refractivity contribution in [1.82, 2.24) is 9.80 Å². The smallest absolute Gasteiger partial charge is 0.0109 e. The Bertz CT molecular complexity index is 105. The van der Waals surface area contributed by atoms with Crippen molar-refractivity contribution in [2.75, 3.05) is 51.8 Å². The second kappa shape index (κ2) is 8.85. The normalized spacial score (nSPS) is 11.5. The third-order valence-corrected chi connectivity index (χ3v) is 2.96. The topological polar surface area (TPSA) is 6.48 Å². The third kappa shape index (κ3) is 7.35. The van der Waals surface area contributed by atoms with Crippen LogP contribution in [0.5, 0.6) is 0 Å². The highest BCUT2D eigenvalue weighted by atomic mass is 32.2. The molecule has 0 spiro atoms. The Morgan fingerprint density at radius 3 is 2.08 bits per heavy atom. The van der Waals surface area contributed by atoms with Crippen LogP contribution in [0.4, 0.5) is 0 Å². The molecule has 0 aliphatic rings. The first kappa shape index (κ1) is 13.3. The molecule has 0 saturated heterocycles. The number of thioether (sulfide) groups is 1. The SMILES string of the molecule is CCN(CC)CCN(C)CCSC. The van der Waals surface area contributed by atoms with E-state index in [0.717, 1.165) is 0 Å². The second-order valence-electron chi connectivity index (χ2n) is 3.32. The van der Waals surface area contributed by atoms with Crippen LogP contribution >= 0.6 is 11.8 Å². The lowest BCUT2D eigenvalue weighted by Crippen LogP contribution is -2.34. The van der Waals surface area contributed by atoms with Gasteiger partial charge < -0.3 is 9.80 Å². The minimum absolute atomic E-state index is 1.17. The van der Waals surface area contributed by atoms with E-state index in [1.807, 2.05) is 11.8 Å². The molecule has 0 aliphatic carbocycles. The summed E-state index contributed by atoms with van der Waals surface area (Å²) in [4.78, 5) is 4.88. The molecule has 0 rings (SSSR count). The predicted octanol–water partition coefficient (Wildman–Crippen LogP) is 1.62. The van der Waals surface area contributed by atoms with Gasteiger partial charge in [-0.25, -0.2) is 0 Å². The van der Waals surface area contributed by atoms with Gasteiger partial charge in [-0.1, -0.05) is 13.8 Å². The zero-order chi connectivity index (χ0) is 10.1. The van der Waals surface area contributed by atoms with Gasteiger partial charge in [0.1, 0.15) is 0 Å². The fraction of sp³-hybridized carbons (Fsp3) is 1.00. The van der Waals surface area contributed by atoms with Crippen molar-refractivity contribution in [1.29, 1.82) is 0 Å². The summed E-state index contributed by atoms with van der Waals surface area (Å²) in [6, 6.07) is 0. The maximum atomic E-state index is 2.47. The van der Waals surface area contributed by atoms with Gasteiger partial charge in [-0.05, 0) is 26.4 Å². The summed E-state index contributed by atoms with van der Waals surface area (Å²) in [5.74, 6) is 1.24. The molecule has 0 amide bonds. The van der Waals surface area contributed by atoms with Gasteiger partial charge >= 0.3 is 0 Å². The highest BCUT2D eigenvalue weighted by molar-refractivity contribution is 7.98. The van der Waals surface area contributed by atoms with Crippen molar-refractivity contribution >= 4 is 11.8 Å². The molecule has 0 bridgehead atoms. The van der Waals surface area contributed by atoms with E-state index in [1.54, 1.807) is 0 Å². The van der Waals surface area contributed by atoms with E-state index in [2.05, 4.69) is 37.0 Å². The first-order valence-electron chi connectivity index (χ1n) is 5.14. The zero-order valence-electron chi connectivity index (χ0n) is 9.55. The van der Waals surface area contributed by atoms with E-state index in [4.69, 9.17) is 0 Å². The second-order valence-corrected chi connectivity index (χ2v) is 4.31. The number of hydrogen-bond donors (Lipinski definition) is 0. The Morgan fingerprint density at radius 2 is 1.62 bits per heavy atom. The van der Waals surface area contributed by atoms with Gasteiger partial charge in [0.05, 0.1) is 0 Å². The van der Waals surface area contributed by atoms with Crippen LogP contribution in [0.3, 0.4) is 0 Å². The van der Waals surface area contributed by atoms with Gasteiger partial charge in [-0.15, -0.1) is 0 Å². The van der Waals surface area contributed by atoms with Crippen molar-refractivity contribution in [3.05, 3.63) is 0 Å². The Kier molecular flexibility index (Phi) is 9.03. The van der Waals surface area contributed by atoms with Gasteiger partial charge in [-0.2, -0.15) is 11.8 Å². The van der Waals surface area contributed by atoms with Crippen LogP contribution < -0.4 is 0 Å². The van der Waals surface area contributed by atoms with Crippen LogP contribution in [0.2, 0.25) is 0 Å². The molecule has 0 fully saturated rings. The van der Waals surface area contributed by atoms with Crippen LogP contribution in [0.1, 0.15) is 13.8 Å². The first-order valence-corrected chi connectivity index (χ1v) is 6.53. The number of nitrogens with zero attached hydrogens (tertiary/aromatic N) is 2. The molecule has 0 unspecified atom stereocenters. The molecule has 0 aromatic carbocycles. The van der Waals surface area contributed by atoms with Crippen LogP contribution in [-0.2, 0) is 0 Å². The van der Waals surface area contributed by atoms with Crippen LogP contribution in [0.15, 0.2) is 0 Å². The molecule has 80 valence electrons. The van der Waals surface area contributed by atoms with Crippen molar-refractivity contribution in [3.8, 4) is 0 Å². The number of likely N-dealkylation sites (N-methyl/N-ethyl adjacent to an activating group) is 2. The summed E-state index contributed by atoms with van der Waals surface area (Å²) < 4.78 is 0. The summed E-state index contributed by atoms with van der Waals surface area (Å²) >= 11 is 1.92. The molecule has 13 heavy (non-hydrogen) atoms. The number of rotatable bonds is 8. The molecule has 0 aromatic heterocycles. The standard InChI is InChI=1S/C10H24N2S/c1-5-12(6-2)8-7-11(3)9-10-13-4/h5-10H2,1-4H3. The minimum atomic E-state index is 1.17. The maximum Gasteiger partial charge on any atom is 0.0109 e. The van der Waals surface area contributed by atoms with Crippen molar-refractivity contribution in [2.45, 2.75) is 13.8 Å². The van der Waals surface area contributed by atoms with Gasteiger partial charge in [-0.3, -0.25) is 0 Å². The summed E-state index contributed by atoms with van der Waals surface area (Å²) in [6.45, 7) is 10.4. The molecule has 0 radical (unpaired) electrons. The average Bonchev–Trinajstić information content (AvgIpc) is 2.16. The largest absolute Gasteiger partial charge is 0.304 e. The van der Waals surface area contributed by atoms with Crippen molar-refractivity contribution < 1.29 is 0 Å². The molecule has 0 aliphatic heterocycles. The highest BCUT2D eigenvalue weighted by Gasteiger charge is 2.01. The Labute approximate surface area is 87.7 Å². The lowest BCUT2D eigenvalue weighted by Gasteiger charge is -2.22. The summed E-state index contributed by atoms with van der Waals surface area (Å²) in [5.41, 5.74) is 0. The molecule has 2 nitrogen and oxygen atoms in total. The van der Waals surface area contributed by atoms with Crippen LogP contribution in [0.25, 0.3) is 0 Å². The molecule has 0 saturated carbocycles. The van der Waals surface area contributed by atoms with Gasteiger partial charge in [0.25, 0.3) is 0 Å². The summed E-state index contributed by atoms with van der Waals surface area (Å²) in [6.07, 6.45) is 2.16. The summed E-state index contributed by atoms with van der Waals surface area (Å²) in [7, 11) is 2.21. The molecule has 0 aromatic rings. The fourth-order valence-corrected chi connectivity index (χ4v) is 1.71. The van der Waals surface area contributed by atoms with Gasteiger partial charge in [0, 0.05) is 25.4 Å². The van der Waals surface area contributed by atoms with E-state index < -0.39 is 0 Å². The van der Waals surface area contributed by atoms with Crippen molar-refractivity contribution in [2.24, 2.45) is 0 Å². The Hall–Kier alpha value is 0.270. The molecule has 0 N–H and O–H groups in total. The summed E-state index contributed by atoms with van der Waals surface area (Å²) in [5, 5.41) is 0. The molecule has 0 atom stereocenters. The first-order chi connectivity index (χ1) is 6.24. The molecule has 3 heteroatoms. The predicted molar refractivity (Wildman–Crippen MR) is 63.7 cm³/mol. The molecule has 0 heterocycles. The Balaban J connectivity index is 3.38. The third-order valence-electron chi connectivity index (χ3n) is 2.37. The van der Waals surface area contributed by atoms with E-state index in [0.29, 0.717) is 0 Å². The van der Waals surface area contributed by atoms with E-state index in [1.165, 1.54) is 38.5 Å². The lowest BCUT2D eigenvalue weighted by atomic mass is 10.4. The highest BCUT2D eigenvalue weighted by Crippen LogP contribution is 1.94. The van der Waals surface area contributed by atoms with E-state index >= 15 is 0 Å². The fourth-order valence-electron chi connectivity index (χ4n) is 1.21. The molecular weight excluding hydrogens is 180 g/mol. The zero-order valence-corrected chi connectivity index (χ0v) is 10.4. The van der Waals surface area contributed by atoms with E-state index in [9.17, 15) is 0 Å². The van der Waals surface area contributed by atoms with Crippen LogP contribution in [0, 0.1) is 0 Å². The van der Waals surface area contributed by atoms with Gasteiger partial charge in [0.2, 0.25) is 0 Å². The Morgan fingerprint density at radius 1 is 1.00 bits per heavy atom. The van der Waals surface area contributed by atoms with Crippen molar-refractivity contribution in [3.63, 3.8) is 0 Å². The average molecular weight is 204 g/mol. The lowest BCUT2D eigenvalue weighted by molar-refractivity contribution is 0.247. The van der Waals surface area contributed by atoms with E-state index in [-0.39, 0.29) is 0 Å². The number of hydrogen-bond acceptors (Lipinski definition) is 3. The van der Waals surface area contributed by atoms with Crippen LogP contribution in [-0.4, -0.2) is 61.6 Å². The quantitative estimate of drug-likeness (QED) is 0.593. The maximum absolute atomic E-state index is 2.47. The minimum Gasteiger partial charge on any atom is -0.304 e. The van der Waals surface area contributed by atoms with Gasteiger partial charge in [0.15, 0.2) is 0 Å². The molecular formula is C10H24N2S.